The predicted molar refractivity (Wildman–Crippen MR) is 123 cm³/mol. The van der Waals surface area contributed by atoms with Crippen LogP contribution < -0.4 is 5.73 Å². The molecule has 1 saturated carbocycles. The van der Waals surface area contributed by atoms with Crippen LogP contribution in [0.5, 0.6) is 0 Å². The quantitative estimate of drug-likeness (QED) is 0.537. The molecular formula is C26H27F2N3O2. The van der Waals surface area contributed by atoms with Crippen molar-refractivity contribution in [1.29, 1.82) is 0 Å². The van der Waals surface area contributed by atoms with Gasteiger partial charge in [-0.25, -0.2) is 13.8 Å². The lowest BCUT2D eigenvalue weighted by atomic mass is 9.71. The fourth-order valence-electron chi connectivity index (χ4n) is 4.90. The Labute approximate surface area is 191 Å². The molecule has 3 N–H and O–H groups in total. The number of aromatic nitrogens is 2. The van der Waals surface area contributed by atoms with Gasteiger partial charge in [0.15, 0.2) is 5.78 Å². The number of hydrogen-bond acceptors (Lipinski definition) is 5. The first kappa shape index (κ1) is 23.0. The van der Waals surface area contributed by atoms with Crippen LogP contribution in [0, 0.1) is 23.5 Å². The van der Waals surface area contributed by atoms with E-state index in [4.69, 9.17) is 5.73 Å². The Morgan fingerprint density at radius 2 is 1.76 bits per heavy atom. The summed E-state index contributed by atoms with van der Waals surface area (Å²) < 4.78 is 28.5. The van der Waals surface area contributed by atoms with Gasteiger partial charge in [-0.05, 0) is 72.1 Å². The Hall–Kier alpha value is -3.19. The first-order valence-corrected chi connectivity index (χ1v) is 11.1. The van der Waals surface area contributed by atoms with Crippen LogP contribution in [0.25, 0.3) is 11.3 Å². The minimum absolute atomic E-state index is 0.0125. The van der Waals surface area contributed by atoms with E-state index < -0.39 is 11.6 Å². The number of benzene rings is 1. The first-order chi connectivity index (χ1) is 15.8. The van der Waals surface area contributed by atoms with Gasteiger partial charge < -0.3 is 10.8 Å². The fraction of sp³-hybridized carbons (Fsp3) is 0.346. The molecule has 2 unspecified atom stereocenters. The van der Waals surface area contributed by atoms with Crippen molar-refractivity contribution in [2.24, 2.45) is 11.8 Å². The van der Waals surface area contributed by atoms with Crippen LogP contribution in [0.2, 0.25) is 0 Å². The van der Waals surface area contributed by atoms with Gasteiger partial charge in [-0.1, -0.05) is 19.9 Å². The number of nitrogens with two attached hydrogens (primary N) is 1. The Bertz CT molecular complexity index is 1150. The maximum absolute atomic E-state index is 14.2. The van der Waals surface area contributed by atoms with Gasteiger partial charge >= 0.3 is 0 Å². The molecular weight excluding hydrogens is 424 g/mol. The van der Waals surface area contributed by atoms with Crippen LogP contribution in [-0.4, -0.2) is 27.0 Å². The highest BCUT2D eigenvalue weighted by molar-refractivity contribution is 6.00. The third-order valence-electron chi connectivity index (χ3n) is 6.62. The molecule has 4 atom stereocenters. The summed E-state index contributed by atoms with van der Waals surface area (Å²) in [6.45, 7) is 4.08. The van der Waals surface area contributed by atoms with Crippen molar-refractivity contribution in [3.8, 4) is 11.3 Å². The van der Waals surface area contributed by atoms with E-state index in [1.807, 2.05) is 19.9 Å². The van der Waals surface area contributed by atoms with E-state index in [9.17, 15) is 18.7 Å². The molecule has 33 heavy (non-hydrogen) atoms. The fourth-order valence-corrected chi connectivity index (χ4v) is 4.90. The lowest BCUT2D eigenvalue weighted by molar-refractivity contribution is 0.0250. The third kappa shape index (κ3) is 4.64. The molecule has 0 amide bonds. The summed E-state index contributed by atoms with van der Waals surface area (Å²) in [4.78, 5) is 21.6. The van der Waals surface area contributed by atoms with Gasteiger partial charge in [0.25, 0.3) is 0 Å². The van der Waals surface area contributed by atoms with Crippen molar-refractivity contribution in [2.75, 3.05) is 5.73 Å². The van der Waals surface area contributed by atoms with Gasteiger partial charge in [0.1, 0.15) is 17.3 Å². The van der Waals surface area contributed by atoms with Crippen LogP contribution in [0.4, 0.5) is 14.5 Å². The molecule has 2 heterocycles. The number of nitrogen functional groups attached to an aromatic ring is 1. The van der Waals surface area contributed by atoms with Crippen LogP contribution >= 0.6 is 0 Å². The van der Waals surface area contributed by atoms with Crippen LogP contribution in [0.15, 0.2) is 48.8 Å². The van der Waals surface area contributed by atoms with E-state index >= 15 is 0 Å². The standard InChI is InChI=1S/C26H27F2N3O2/c1-14-10-16(11-15(2)26(14)33)18-8-9-30-13-17(18)12-23(32)25-21(29)6-7-22(31-25)24-19(27)4-3-5-20(24)28/h3-9,13-16,26,33H,10-12,29H2,1-2H3/t14-,15+,16?,26?. The highest BCUT2D eigenvalue weighted by Gasteiger charge is 2.33. The molecule has 3 aromatic rings. The predicted octanol–water partition coefficient (Wildman–Crippen LogP) is 4.94. The molecule has 4 rings (SSSR count). The maximum atomic E-state index is 14.2. The average Bonchev–Trinajstić information content (AvgIpc) is 2.78. The SMILES string of the molecule is C[C@@H]1CC(c2ccncc2CC(=O)c2nc(-c3c(F)cccc3F)ccc2N)C[C@H](C)C1O. The highest BCUT2D eigenvalue weighted by atomic mass is 19.1. The molecule has 0 radical (unpaired) electrons. The molecule has 0 saturated heterocycles. The minimum Gasteiger partial charge on any atom is -0.397 e. The van der Waals surface area contributed by atoms with E-state index in [0.717, 1.165) is 36.1 Å². The minimum atomic E-state index is -0.761. The highest BCUT2D eigenvalue weighted by Crippen LogP contribution is 2.40. The van der Waals surface area contributed by atoms with E-state index in [0.29, 0.717) is 0 Å². The number of aliphatic hydroxyl groups excluding tert-OH is 1. The largest absolute Gasteiger partial charge is 0.397 e. The number of carbonyl (C=O) groups is 1. The van der Waals surface area contributed by atoms with Gasteiger partial charge in [0.2, 0.25) is 0 Å². The second kappa shape index (κ2) is 9.35. The van der Waals surface area contributed by atoms with Crippen molar-refractivity contribution in [3.63, 3.8) is 0 Å². The van der Waals surface area contributed by atoms with Crippen molar-refractivity contribution in [3.05, 3.63) is 77.2 Å². The smallest absolute Gasteiger partial charge is 0.187 e. The van der Waals surface area contributed by atoms with Gasteiger partial charge in [-0.3, -0.25) is 9.78 Å². The first-order valence-electron chi connectivity index (χ1n) is 11.1. The summed E-state index contributed by atoms with van der Waals surface area (Å²) in [6.07, 6.45) is 4.70. The molecule has 5 nitrogen and oxygen atoms in total. The second-order valence-electron chi connectivity index (χ2n) is 9.02. The van der Waals surface area contributed by atoms with Crippen molar-refractivity contribution in [2.45, 2.75) is 45.1 Å². The molecule has 1 aliphatic carbocycles. The summed E-state index contributed by atoms with van der Waals surface area (Å²) in [5.41, 5.74) is 7.66. The summed E-state index contributed by atoms with van der Waals surface area (Å²) in [7, 11) is 0. The van der Waals surface area contributed by atoms with E-state index in [1.54, 1.807) is 12.4 Å². The molecule has 2 aromatic heterocycles. The number of aliphatic hydroxyl groups is 1. The summed E-state index contributed by atoms with van der Waals surface area (Å²) in [5, 5.41) is 10.3. The number of Topliss-reactive ketones (excluding diaryl/α,β-unsaturated/α-hetero) is 1. The number of nitrogens with zero attached hydrogens (tertiary/aromatic N) is 2. The number of anilines is 1. The molecule has 0 bridgehead atoms. The zero-order chi connectivity index (χ0) is 23.7. The summed E-state index contributed by atoms with van der Waals surface area (Å²) in [6, 6.07) is 8.32. The van der Waals surface area contributed by atoms with Crippen molar-refractivity contribution in [1.82, 2.24) is 9.97 Å². The Kier molecular flexibility index (Phi) is 6.51. The zero-order valence-corrected chi connectivity index (χ0v) is 18.6. The molecule has 1 aliphatic rings. The molecule has 0 aliphatic heterocycles. The van der Waals surface area contributed by atoms with Crippen molar-refractivity contribution < 1.29 is 18.7 Å². The number of ketones is 1. The molecule has 7 heteroatoms. The molecule has 1 fully saturated rings. The lowest BCUT2D eigenvalue weighted by Gasteiger charge is -2.37. The lowest BCUT2D eigenvalue weighted by Crippen LogP contribution is -2.33. The van der Waals surface area contributed by atoms with E-state index in [-0.39, 0.29) is 58.7 Å². The van der Waals surface area contributed by atoms with Gasteiger partial charge in [0.05, 0.1) is 23.0 Å². The van der Waals surface area contributed by atoms with Crippen LogP contribution in [-0.2, 0) is 6.42 Å². The number of carbonyl (C=O) groups excluding carboxylic acids is 1. The number of hydrogen-bond donors (Lipinski definition) is 2. The Morgan fingerprint density at radius 3 is 2.42 bits per heavy atom. The molecule has 172 valence electrons. The Balaban J connectivity index is 1.64. The number of halogens is 2. The second-order valence-corrected chi connectivity index (χ2v) is 9.02. The maximum Gasteiger partial charge on any atom is 0.187 e. The number of pyridine rings is 2. The van der Waals surface area contributed by atoms with Crippen LogP contribution in [0.1, 0.15) is 54.2 Å². The van der Waals surface area contributed by atoms with Gasteiger partial charge in [-0.15, -0.1) is 0 Å². The molecule has 1 aromatic carbocycles. The van der Waals surface area contributed by atoms with Crippen molar-refractivity contribution >= 4 is 11.5 Å². The van der Waals surface area contributed by atoms with E-state index in [1.165, 1.54) is 18.2 Å². The van der Waals surface area contributed by atoms with Crippen LogP contribution in [0.3, 0.4) is 0 Å². The summed E-state index contributed by atoms with van der Waals surface area (Å²) >= 11 is 0. The monoisotopic (exact) mass is 451 g/mol. The zero-order valence-electron chi connectivity index (χ0n) is 18.6. The average molecular weight is 452 g/mol. The molecule has 0 spiro atoms. The van der Waals surface area contributed by atoms with Gasteiger partial charge in [0, 0.05) is 18.8 Å². The summed E-state index contributed by atoms with van der Waals surface area (Å²) in [5.74, 6) is -1.36. The number of rotatable bonds is 5. The third-order valence-corrected chi connectivity index (χ3v) is 6.62. The normalized spacial score (nSPS) is 22.8. The van der Waals surface area contributed by atoms with E-state index in [2.05, 4.69) is 9.97 Å². The topological polar surface area (TPSA) is 89.1 Å². The Morgan fingerprint density at radius 1 is 1.09 bits per heavy atom. The van der Waals surface area contributed by atoms with Gasteiger partial charge in [-0.2, -0.15) is 0 Å².